The number of aryl methyl sites for hydroxylation is 1. The van der Waals surface area contributed by atoms with Crippen LogP contribution in [-0.2, 0) is 11.2 Å². The Balaban J connectivity index is 1.27. The summed E-state index contributed by atoms with van der Waals surface area (Å²) in [7, 11) is 0. The predicted octanol–water partition coefficient (Wildman–Crippen LogP) is 3.97. The Morgan fingerprint density at radius 3 is 2.54 bits per heavy atom. The summed E-state index contributed by atoms with van der Waals surface area (Å²) in [5, 5.41) is 0. The van der Waals surface area contributed by atoms with E-state index >= 15 is 0 Å². The number of nitrogens with zero attached hydrogens (tertiary/aromatic N) is 1. The summed E-state index contributed by atoms with van der Waals surface area (Å²) in [5.41, 5.74) is 2.56. The highest BCUT2D eigenvalue weighted by atomic mass is 19.1. The van der Waals surface area contributed by atoms with E-state index in [1.54, 1.807) is 12.1 Å². The molecule has 0 saturated carbocycles. The maximum atomic E-state index is 13.0. The first-order chi connectivity index (χ1) is 12.7. The van der Waals surface area contributed by atoms with Crippen LogP contribution in [0.1, 0.15) is 36.3 Å². The summed E-state index contributed by atoms with van der Waals surface area (Å²) in [6, 6.07) is 14.5. The second-order valence-electron chi connectivity index (χ2n) is 7.30. The van der Waals surface area contributed by atoms with Gasteiger partial charge in [-0.15, -0.1) is 0 Å². The number of ketones is 1. The molecule has 0 radical (unpaired) electrons. The Morgan fingerprint density at radius 1 is 1.04 bits per heavy atom. The molecule has 4 rings (SSSR count). The zero-order valence-electron chi connectivity index (χ0n) is 14.9. The molecule has 2 aromatic rings. The highest BCUT2D eigenvalue weighted by molar-refractivity contribution is 5.88. The normalized spacial score (nSPS) is 20.7. The Hall–Kier alpha value is -2.20. The Kier molecular flexibility index (Phi) is 5.02. The lowest BCUT2D eigenvalue weighted by Gasteiger charge is -2.32. The quantitative estimate of drug-likeness (QED) is 0.815. The third kappa shape index (κ3) is 3.80. The van der Waals surface area contributed by atoms with Gasteiger partial charge in [-0.2, -0.15) is 0 Å². The molecular weight excluding hydrogens is 329 g/mol. The molecule has 1 aliphatic carbocycles. The monoisotopic (exact) mass is 353 g/mol. The van der Waals surface area contributed by atoms with Gasteiger partial charge < -0.3 is 4.74 Å². The van der Waals surface area contributed by atoms with Crippen molar-refractivity contribution in [3.05, 3.63) is 65.5 Å². The zero-order chi connectivity index (χ0) is 17.9. The van der Waals surface area contributed by atoms with E-state index in [-0.39, 0.29) is 17.8 Å². The van der Waals surface area contributed by atoms with Gasteiger partial charge in [-0.1, -0.05) is 24.3 Å². The smallest absolute Gasteiger partial charge is 0.154 e. The van der Waals surface area contributed by atoms with Crippen molar-refractivity contribution in [2.75, 3.05) is 19.6 Å². The first kappa shape index (κ1) is 17.2. The van der Waals surface area contributed by atoms with E-state index in [2.05, 4.69) is 23.1 Å². The van der Waals surface area contributed by atoms with Crippen molar-refractivity contribution in [2.24, 2.45) is 0 Å². The molecule has 1 fully saturated rings. The topological polar surface area (TPSA) is 29.5 Å². The number of ether oxygens (including phenoxy) is 1. The molecule has 1 saturated heterocycles. The SMILES string of the molecule is O=C(CN1CCC(Oc2ccc(F)cc2)CC1)C1CCc2ccccc21. The van der Waals surface area contributed by atoms with E-state index < -0.39 is 0 Å². The summed E-state index contributed by atoms with van der Waals surface area (Å²) < 4.78 is 18.9. The van der Waals surface area contributed by atoms with Crippen molar-refractivity contribution >= 4 is 5.78 Å². The molecule has 1 heterocycles. The zero-order valence-corrected chi connectivity index (χ0v) is 14.9. The summed E-state index contributed by atoms with van der Waals surface area (Å²) >= 11 is 0. The third-order valence-electron chi connectivity index (χ3n) is 5.55. The lowest BCUT2D eigenvalue weighted by Crippen LogP contribution is -2.41. The van der Waals surface area contributed by atoms with E-state index in [1.165, 1.54) is 23.3 Å². The van der Waals surface area contributed by atoms with Crippen molar-refractivity contribution < 1.29 is 13.9 Å². The summed E-state index contributed by atoms with van der Waals surface area (Å²) in [6.07, 6.45) is 3.89. The minimum atomic E-state index is -0.251. The molecule has 0 spiro atoms. The fourth-order valence-corrected chi connectivity index (χ4v) is 4.11. The number of carbonyl (C=O) groups excluding carboxylic acids is 1. The second-order valence-corrected chi connectivity index (χ2v) is 7.30. The summed E-state index contributed by atoms with van der Waals surface area (Å²) in [4.78, 5) is 15.0. The molecule has 3 nitrogen and oxygen atoms in total. The Bertz CT molecular complexity index is 766. The number of hydrogen-bond donors (Lipinski definition) is 0. The van der Waals surface area contributed by atoms with Crippen molar-refractivity contribution in [1.29, 1.82) is 0 Å². The van der Waals surface area contributed by atoms with Crippen LogP contribution in [0.2, 0.25) is 0 Å². The Labute approximate surface area is 153 Å². The average Bonchev–Trinajstić information content (AvgIpc) is 3.09. The molecule has 1 unspecified atom stereocenters. The number of benzene rings is 2. The molecule has 2 aliphatic rings. The largest absolute Gasteiger partial charge is 0.490 e. The molecule has 0 bridgehead atoms. The van der Waals surface area contributed by atoms with Gasteiger partial charge in [0.15, 0.2) is 5.78 Å². The van der Waals surface area contributed by atoms with Crippen molar-refractivity contribution in [2.45, 2.75) is 37.7 Å². The van der Waals surface area contributed by atoms with Gasteiger partial charge in [0.2, 0.25) is 0 Å². The highest BCUT2D eigenvalue weighted by Gasteiger charge is 2.30. The van der Waals surface area contributed by atoms with E-state index in [0.29, 0.717) is 18.1 Å². The maximum absolute atomic E-state index is 13.0. The summed E-state index contributed by atoms with van der Waals surface area (Å²) in [6.45, 7) is 2.26. The number of hydrogen-bond acceptors (Lipinski definition) is 3. The van der Waals surface area contributed by atoms with Gasteiger partial charge in [0.25, 0.3) is 0 Å². The number of Topliss-reactive ketones (excluding diaryl/α,β-unsaturated/α-hetero) is 1. The first-order valence-corrected chi connectivity index (χ1v) is 9.44. The number of piperidine rings is 1. The molecule has 0 amide bonds. The van der Waals surface area contributed by atoms with Crippen molar-refractivity contribution in [3.8, 4) is 5.75 Å². The van der Waals surface area contributed by atoms with Gasteiger partial charge in [0.05, 0.1) is 6.54 Å². The Morgan fingerprint density at radius 2 is 1.77 bits per heavy atom. The van der Waals surface area contributed by atoms with Gasteiger partial charge in [-0.3, -0.25) is 9.69 Å². The fourth-order valence-electron chi connectivity index (χ4n) is 4.11. The van der Waals surface area contributed by atoms with Crippen LogP contribution in [0, 0.1) is 5.82 Å². The lowest BCUT2D eigenvalue weighted by molar-refractivity contribution is -0.122. The lowest BCUT2D eigenvalue weighted by atomic mass is 9.95. The molecule has 4 heteroatoms. The third-order valence-corrected chi connectivity index (χ3v) is 5.55. The van der Waals surface area contributed by atoms with E-state index in [0.717, 1.165) is 38.8 Å². The molecule has 0 N–H and O–H groups in total. The van der Waals surface area contributed by atoms with Gasteiger partial charge >= 0.3 is 0 Å². The van der Waals surface area contributed by atoms with Gasteiger partial charge in [0.1, 0.15) is 17.7 Å². The van der Waals surface area contributed by atoms with Crippen LogP contribution in [-0.4, -0.2) is 36.4 Å². The van der Waals surface area contributed by atoms with E-state index in [1.807, 2.05) is 6.07 Å². The van der Waals surface area contributed by atoms with Gasteiger partial charge in [-0.25, -0.2) is 4.39 Å². The van der Waals surface area contributed by atoms with Gasteiger partial charge in [0, 0.05) is 19.0 Å². The van der Waals surface area contributed by atoms with Crippen LogP contribution in [0.25, 0.3) is 0 Å². The number of fused-ring (bicyclic) bond motifs is 1. The molecule has 26 heavy (non-hydrogen) atoms. The second kappa shape index (κ2) is 7.58. The van der Waals surface area contributed by atoms with Crippen LogP contribution in [0.15, 0.2) is 48.5 Å². The maximum Gasteiger partial charge on any atom is 0.154 e. The van der Waals surface area contributed by atoms with Crippen LogP contribution < -0.4 is 4.74 Å². The molecular formula is C22H24FNO2. The number of halogens is 1. The minimum Gasteiger partial charge on any atom is -0.490 e. The first-order valence-electron chi connectivity index (χ1n) is 9.44. The molecule has 0 aromatic heterocycles. The fraction of sp³-hybridized carbons (Fsp3) is 0.409. The van der Waals surface area contributed by atoms with Crippen molar-refractivity contribution in [3.63, 3.8) is 0 Å². The van der Waals surface area contributed by atoms with Crippen LogP contribution >= 0.6 is 0 Å². The molecule has 2 aromatic carbocycles. The van der Waals surface area contributed by atoms with E-state index in [4.69, 9.17) is 4.74 Å². The number of rotatable bonds is 5. The van der Waals surface area contributed by atoms with Crippen LogP contribution in [0.4, 0.5) is 4.39 Å². The van der Waals surface area contributed by atoms with Crippen LogP contribution in [0.5, 0.6) is 5.75 Å². The predicted molar refractivity (Wildman–Crippen MR) is 99.0 cm³/mol. The number of carbonyl (C=O) groups is 1. The van der Waals surface area contributed by atoms with Gasteiger partial charge in [-0.05, 0) is 61.1 Å². The molecule has 1 aliphatic heterocycles. The molecule has 1 atom stereocenters. The standard InChI is InChI=1S/C22H24FNO2/c23-17-6-8-18(9-7-17)26-19-11-13-24(14-12-19)15-22(25)21-10-5-16-3-1-2-4-20(16)21/h1-4,6-9,19,21H,5,10-15H2. The number of likely N-dealkylation sites (tertiary alicyclic amines) is 1. The molecule has 136 valence electrons. The van der Waals surface area contributed by atoms with Crippen LogP contribution in [0.3, 0.4) is 0 Å². The minimum absolute atomic E-state index is 0.0689. The highest BCUT2D eigenvalue weighted by Crippen LogP contribution is 2.33. The van der Waals surface area contributed by atoms with Crippen molar-refractivity contribution in [1.82, 2.24) is 4.90 Å². The summed E-state index contributed by atoms with van der Waals surface area (Å²) in [5.74, 6) is 0.870. The average molecular weight is 353 g/mol. The van der Waals surface area contributed by atoms with E-state index in [9.17, 15) is 9.18 Å².